The van der Waals surface area contributed by atoms with Crippen molar-refractivity contribution in [2.75, 3.05) is 13.2 Å². The summed E-state index contributed by atoms with van der Waals surface area (Å²) in [7, 11) is 0. The highest BCUT2D eigenvalue weighted by Crippen LogP contribution is 2.14. The topological polar surface area (TPSA) is 91.6 Å². The highest BCUT2D eigenvalue weighted by molar-refractivity contribution is 5.94. The number of carbonyl (C=O) groups is 2. The van der Waals surface area contributed by atoms with Gasteiger partial charge < -0.3 is 20.2 Å². The molecule has 0 saturated carbocycles. The van der Waals surface area contributed by atoms with Crippen LogP contribution in [0, 0.1) is 0 Å². The monoisotopic (exact) mass is 282 g/mol. The molecule has 0 saturated heterocycles. The van der Waals surface area contributed by atoms with Crippen LogP contribution >= 0.6 is 0 Å². The van der Waals surface area contributed by atoms with Crippen LogP contribution in [0.25, 0.3) is 0 Å². The molecule has 0 aromatic carbocycles. The maximum atomic E-state index is 11.8. The molecular formula is C14H22N2O4. The van der Waals surface area contributed by atoms with Gasteiger partial charge in [-0.05, 0) is 18.9 Å². The van der Waals surface area contributed by atoms with E-state index in [-0.39, 0.29) is 31.4 Å². The van der Waals surface area contributed by atoms with E-state index in [1.807, 2.05) is 13.8 Å². The third-order valence-corrected chi connectivity index (χ3v) is 3.48. The zero-order valence-electron chi connectivity index (χ0n) is 11.9. The first-order chi connectivity index (χ1) is 9.56. The average Bonchev–Trinajstić information content (AvgIpc) is 2.99. The minimum Gasteiger partial charge on any atom is -0.472 e. The summed E-state index contributed by atoms with van der Waals surface area (Å²) in [5, 5.41) is 14.8. The quantitative estimate of drug-likeness (QED) is 0.665. The first kappa shape index (κ1) is 16.2. The molecule has 0 atom stereocenters. The summed E-state index contributed by atoms with van der Waals surface area (Å²) in [4.78, 5) is 23.4. The van der Waals surface area contributed by atoms with Crippen LogP contribution in [0.2, 0.25) is 0 Å². The van der Waals surface area contributed by atoms with Crippen LogP contribution in [0.15, 0.2) is 23.0 Å². The lowest BCUT2D eigenvalue weighted by molar-refractivity contribution is -0.123. The fourth-order valence-corrected chi connectivity index (χ4v) is 1.83. The van der Waals surface area contributed by atoms with Crippen molar-refractivity contribution in [3.8, 4) is 0 Å². The van der Waals surface area contributed by atoms with Gasteiger partial charge in [0.15, 0.2) is 0 Å². The molecule has 1 heterocycles. The second-order valence-corrected chi connectivity index (χ2v) is 4.71. The Morgan fingerprint density at radius 1 is 1.35 bits per heavy atom. The molecule has 0 fully saturated rings. The largest absolute Gasteiger partial charge is 0.472 e. The molecule has 3 N–H and O–H groups in total. The van der Waals surface area contributed by atoms with Crippen molar-refractivity contribution in [3.05, 3.63) is 24.2 Å². The number of rotatable bonds is 8. The summed E-state index contributed by atoms with van der Waals surface area (Å²) in [6, 6.07) is 1.56. The molecule has 6 heteroatoms. The van der Waals surface area contributed by atoms with Gasteiger partial charge in [0, 0.05) is 13.0 Å². The van der Waals surface area contributed by atoms with Crippen molar-refractivity contribution in [2.24, 2.45) is 0 Å². The van der Waals surface area contributed by atoms with Gasteiger partial charge in [-0.25, -0.2) is 0 Å². The van der Waals surface area contributed by atoms with Gasteiger partial charge >= 0.3 is 0 Å². The van der Waals surface area contributed by atoms with Crippen LogP contribution in [0.1, 0.15) is 43.5 Å². The minimum absolute atomic E-state index is 0.0902. The molecule has 20 heavy (non-hydrogen) atoms. The van der Waals surface area contributed by atoms with Crippen molar-refractivity contribution < 1.29 is 19.1 Å². The van der Waals surface area contributed by atoms with E-state index in [1.165, 1.54) is 12.5 Å². The van der Waals surface area contributed by atoms with Gasteiger partial charge in [-0.15, -0.1) is 0 Å². The summed E-state index contributed by atoms with van der Waals surface area (Å²) in [5.74, 6) is -0.457. The van der Waals surface area contributed by atoms with Crippen LogP contribution in [0.3, 0.4) is 0 Å². The molecule has 1 aromatic rings. The smallest absolute Gasteiger partial charge is 0.254 e. The van der Waals surface area contributed by atoms with E-state index in [2.05, 4.69) is 10.6 Å². The van der Waals surface area contributed by atoms with E-state index in [4.69, 9.17) is 4.42 Å². The molecule has 1 aromatic heterocycles. The molecule has 0 aliphatic carbocycles. The minimum atomic E-state index is -0.564. The van der Waals surface area contributed by atoms with E-state index in [0.29, 0.717) is 18.4 Å². The number of hydrogen-bond acceptors (Lipinski definition) is 4. The Kier molecular flexibility index (Phi) is 6.24. The maximum absolute atomic E-state index is 11.8. The van der Waals surface area contributed by atoms with E-state index >= 15 is 0 Å². The maximum Gasteiger partial charge on any atom is 0.254 e. The van der Waals surface area contributed by atoms with Crippen LogP contribution in [-0.2, 0) is 4.79 Å². The second kappa shape index (κ2) is 7.69. The average molecular weight is 282 g/mol. The Balaban J connectivity index is 2.35. The Labute approximate surface area is 118 Å². The number of aliphatic hydroxyl groups is 1. The van der Waals surface area contributed by atoms with Crippen LogP contribution in [0.5, 0.6) is 0 Å². The molecular weight excluding hydrogens is 260 g/mol. The Morgan fingerprint density at radius 2 is 2.05 bits per heavy atom. The van der Waals surface area contributed by atoms with Crippen molar-refractivity contribution in [2.45, 2.75) is 38.6 Å². The third-order valence-electron chi connectivity index (χ3n) is 3.48. The number of aliphatic hydroxyl groups excluding tert-OH is 1. The van der Waals surface area contributed by atoms with E-state index in [0.717, 1.165) is 0 Å². The van der Waals surface area contributed by atoms with E-state index < -0.39 is 5.54 Å². The molecule has 6 nitrogen and oxygen atoms in total. The van der Waals surface area contributed by atoms with Crippen molar-refractivity contribution in [1.29, 1.82) is 0 Å². The zero-order valence-corrected chi connectivity index (χ0v) is 11.9. The third kappa shape index (κ3) is 4.38. The summed E-state index contributed by atoms with van der Waals surface area (Å²) >= 11 is 0. The van der Waals surface area contributed by atoms with Crippen molar-refractivity contribution in [3.63, 3.8) is 0 Å². The van der Waals surface area contributed by atoms with Gasteiger partial charge in [-0.3, -0.25) is 9.59 Å². The lowest BCUT2D eigenvalue weighted by atomic mass is 9.94. The molecule has 0 unspecified atom stereocenters. The predicted octanol–water partition coefficient (Wildman–Crippen LogP) is 1.07. The fraction of sp³-hybridized carbons (Fsp3) is 0.571. The predicted molar refractivity (Wildman–Crippen MR) is 74.2 cm³/mol. The highest BCUT2D eigenvalue weighted by Gasteiger charge is 2.26. The first-order valence-electron chi connectivity index (χ1n) is 6.79. The molecule has 0 spiro atoms. The van der Waals surface area contributed by atoms with Crippen LogP contribution in [0.4, 0.5) is 0 Å². The Bertz CT molecular complexity index is 416. The standard InChI is InChI=1S/C14H22N2O4/c1-3-14(4-2,10-17)16-12(18)5-7-15-13(19)11-6-8-20-9-11/h6,8-9,17H,3-5,7,10H2,1-2H3,(H,15,19)(H,16,18). The van der Waals surface area contributed by atoms with Gasteiger partial charge in [-0.1, -0.05) is 13.8 Å². The Hall–Kier alpha value is -1.82. The van der Waals surface area contributed by atoms with E-state index in [9.17, 15) is 14.7 Å². The van der Waals surface area contributed by atoms with Gasteiger partial charge in [0.25, 0.3) is 5.91 Å². The molecule has 2 amide bonds. The number of nitrogens with one attached hydrogen (secondary N) is 2. The summed E-state index contributed by atoms with van der Waals surface area (Å²) in [5.41, 5.74) is -0.136. The number of hydrogen-bond donors (Lipinski definition) is 3. The van der Waals surface area contributed by atoms with Crippen molar-refractivity contribution in [1.82, 2.24) is 10.6 Å². The molecule has 0 bridgehead atoms. The molecule has 112 valence electrons. The Morgan fingerprint density at radius 3 is 2.55 bits per heavy atom. The summed E-state index contributed by atoms with van der Waals surface area (Å²) < 4.78 is 4.80. The fourth-order valence-electron chi connectivity index (χ4n) is 1.83. The number of furan rings is 1. The number of carbonyl (C=O) groups excluding carboxylic acids is 2. The van der Waals surface area contributed by atoms with Gasteiger partial charge in [-0.2, -0.15) is 0 Å². The first-order valence-corrected chi connectivity index (χ1v) is 6.79. The van der Waals surface area contributed by atoms with Gasteiger partial charge in [0.2, 0.25) is 5.91 Å². The van der Waals surface area contributed by atoms with Gasteiger partial charge in [0.1, 0.15) is 6.26 Å². The highest BCUT2D eigenvalue weighted by atomic mass is 16.3. The van der Waals surface area contributed by atoms with Crippen molar-refractivity contribution >= 4 is 11.8 Å². The normalized spacial score (nSPS) is 11.2. The molecule has 0 radical (unpaired) electrons. The summed E-state index contributed by atoms with van der Waals surface area (Å²) in [6.45, 7) is 3.99. The lowest BCUT2D eigenvalue weighted by Gasteiger charge is -2.30. The van der Waals surface area contributed by atoms with Crippen LogP contribution < -0.4 is 10.6 Å². The summed E-state index contributed by atoms with van der Waals surface area (Å²) in [6.07, 6.45) is 4.26. The molecule has 1 rings (SSSR count). The number of amides is 2. The van der Waals surface area contributed by atoms with E-state index in [1.54, 1.807) is 6.07 Å². The molecule has 0 aliphatic heterocycles. The second-order valence-electron chi connectivity index (χ2n) is 4.71. The lowest BCUT2D eigenvalue weighted by Crippen LogP contribution is -2.51. The SMILES string of the molecule is CCC(CC)(CO)NC(=O)CCNC(=O)c1ccoc1. The zero-order chi connectivity index (χ0) is 15.0. The van der Waals surface area contributed by atoms with Gasteiger partial charge in [0.05, 0.1) is 24.0 Å². The van der Waals surface area contributed by atoms with Crippen LogP contribution in [-0.4, -0.2) is 35.6 Å². The molecule has 0 aliphatic rings.